The van der Waals surface area contributed by atoms with Crippen molar-refractivity contribution >= 4 is 11.6 Å². The lowest BCUT2D eigenvalue weighted by atomic mass is 10.1. The van der Waals surface area contributed by atoms with Crippen LogP contribution in [0, 0.1) is 5.92 Å². The van der Waals surface area contributed by atoms with Crippen molar-refractivity contribution in [3.63, 3.8) is 0 Å². The fourth-order valence-corrected chi connectivity index (χ4v) is 1.89. The Morgan fingerprint density at radius 1 is 1.44 bits per heavy atom. The second-order valence-corrected chi connectivity index (χ2v) is 4.92. The average molecular weight is 242 g/mol. The van der Waals surface area contributed by atoms with Crippen LogP contribution in [0.2, 0.25) is 5.02 Å². The molecule has 3 heteroatoms. The van der Waals surface area contributed by atoms with Gasteiger partial charge in [0.1, 0.15) is 5.75 Å². The van der Waals surface area contributed by atoms with Crippen LogP contribution in [0.3, 0.4) is 0 Å². The van der Waals surface area contributed by atoms with Gasteiger partial charge in [0, 0.05) is 23.7 Å². The van der Waals surface area contributed by atoms with Crippen LogP contribution >= 0.6 is 11.6 Å². The van der Waals surface area contributed by atoms with Crippen molar-refractivity contribution in [2.24, 2.45) is 5.92 Å². The lowest BCUT2D eigenvalue weighted by molar-refractivity contribution is 0.271. The maximum absolute atomic E-state index is 9.69. The van der Waals surface area contributed by atoms with Crippen LogP contribution in [0.25, 0.3) is 0 Å². The summed E-state index contributed by atoms with van der Waals surface area (Å²) in [6, 6.07) is 5.17. The van der Waals surface area contributed by atoms with E-state index < -0.39 is 0 Å². The number of nitrogens with zero attached hydrogens (tertiary/aromatic N) is 1. The molecule has 0 bridgehead atoms. The molecular weight excluding hydrogens is 222 g/mol. The van der Waals surface area contributed by atoms with Gasteiger partial charge in [0.25, 0.3) is 0 Å². The quantitative estimate of drug-likeness (QED) is 0.853. The molecule has 1 aromatic rings. The van der Waals surface area contributed by atoms with Crippen LogP contribution in [0.15, 0.2) is 18.2 Å². The third-order valence-electron chi connectivity index (χ3n) is 2.80. The van der Waals surface area contributed by atoms with Crippen LogP contribution in [-0.4, -0.2) is 23.6 Å². The summed E-state index contributed by atoms with van der Waals surface area (Å²) in [6.45, 7) is 6.18. The molecule has 0 radical (unpaired) electrons. The van der Waals surface area contributed by atoms with Gasteiger partial charge in [0.05, 0.1) is 0 Å². The molecule has 0 aliphatic carbocycles. The van der Waals surface area contributed by atoms with Crippen molar-refractivity contribution in [2.75, 3.05) is 13.6 Å². The number of hydrogen-bond donors (Lipinski definition) is 1. The minimum atomic E-state index is 0.320. The van der Waals surface area contributed by atoms with Gasteiger partial charge in [-0.2, -0.15) is 0 Å². The molecule has 1 aromatic carbocycles. The van der Waals surface area contributed by atoms with Crippen molar-refractivity contribution in [3.05, 3.63) is 28.8 Å². The molecule has 0 aliphatic heterocycles. The summed E-state index contributed by atoms with van der Waals surface area (Å²) in [7, 11) is 2.06. The SMILES string of the molecule is CCC(C)CN(C)Cc1cc(Cl)ccc1O. The summed E-state index contributed by atoms with van der Waals surface area (Å²) in [5.74, 6) is 0.992. The molecule has 90 valence electrons. The van der Waals surface area contributed by atoms with E-state index in [0.29, 0.717) is 16.7 Å². The summed E-state index contributed by atoms with van der Waals surface area (Å²) in [6.07, 6.45) is 1.17. The monoisotopic (exact) mass is 241 g/mol. The molecule has 0 aromatic heterocycles. The first-order valence-corrected chi connectivity index (χ1v) is 6.06. The van der Waals surface area contributed by atoms with Crippen LogP contribution in [-0.2, 0) is 6.54 Å². The maximum atomic E-state index is 9.69. The van der Waals surface area contributed by atoms with Gasteiger partial charge in [-0.05, 0) is 31.2 Å². The highest BCUT2D eigenvalue weighted by Gasteiger charge is 2.08. The van der Waals surface area contributed by atoms with Crippen molar-refractivity contribution in [1.82, 2.24) is 4.90 Å². The number of benzene rings is 1. The smallest absolute Gasteiger partial charge is 0.120 e. The van der Waals surface area contributed by atoms with Gasteiger partial charge >= 0.3 is 0 Å². The van der Waals surface area contributed by atoms with Crippen molar-refractivity contribution < 1.29 is 5.11 Å². The van der Waals surface area contributed by atoms with Gasteiger partial charge in [-0.15, -0.1) is 0 Å². The molecule has 1 N–H and O–H groups in total. The maximum Gasteiger partial charge on any atom is 0.120 e. The highest BCUT2D eigenvalue weighted by atomic mass is 35.5. The number of rotatable bonds is 5. The number of phenolic OH excluding ortho intramolecular Hbond substituents is 1. The number of aromatic hydroxyl groups is 1. The van der Waals surface area contributed by atoms with E-state index in [0.717, 1.165) is 18.7 Å². The van der Waals surface area contributed by atoms with Gasteiger partial charge in [-0.3, -0.25) is 0 Å². The molecule has 2 nitrogen and oxygen atoms in total. The Morgan fingerprint density at radius 2 is 2.12 bits per heavy atom. The number of hydrogen-bond acceptors (Lipinski definition) is 2. The lowest BCUT2D eigenvalue weighted by Gasteiger charge is -2.21. The lowest BCUT2D eigenvalue weighted by Crippen LogP contribution is -2.23. The minimum Gasteiger partial charge on any atom is -0.508 e. The molecule has 1 atom stereocenters. The topological polar surface area (TPSA) is 23.5 Å². The van der Waals surface area contributed by atoms with E-state index in [4.69, 9.17) is 11.6 Å². The van der Waals surface area contributed by atoms with Gasteiger partial charge in [-0.25, -0.2) is 0 Å². The Bertz CT molecular complexity index is 341. The fourth-order valence-electron chi connectivity index (χ4n) is 1.70. The third kappa shape index (κ3) is 4.03. The Balaban J connectivity index is 2.61. The zero-order valence-corrected chi connectivity index (χ0v) is 11.0. The summed E-state index contributed by atoms with van der Waals surface area (Å²) < 4.78 is 0. The Hall–Kier alpha value is -0.730. The normalized spacial score (nSPS) is 13.1. The molecule has 16 heavy (non-hydrogen) atoms. The molecule has 1 unspecified atom stereocenters. The molecule has 0 amide bonds. The molecule has 0 fully saturated rings. The minimum absolute atomic E-state index is 0.320. The van der Waals surface area contributed by atoms with Crippen molar-refractivity contribution in [2.45, 2.75) is 26.8 Å². The van der Waals surface area contributed by atoms with Crippen LogP contribution in [0.4, 0.5) is 0 Å². The predicted molar refractivity (Wildman–Crippen MR) is 68.9 cm³/mol. The van der Waals surface area contributed by atoms with E-state index in [2.05, 4.69) is 25.8 Å². The Labute approximate surface area is 103 Å². The predicted octanol–water partition coefficient (Wildman–Crippen LogP) is 3.52. The van der Waals surface area contributed by atoms with Crippen molar-refractivity contribution in [3.8, 4) is 5.75 Å². The van der Waals surface area contributed by atoms with Gasteiger partial charge in [-0.1, -0.05) is 31.9 Å². The van der Waals surface area contributed by atoms with Gasteiger partial charge in [0.2, 0.25) is 0 Å². The molecule has 0 saturated heterocycles. The van der Waals surface area contributed by atoms with E-state index in [9.17, 15) is 5.11 Å². The number of halogens is 1. The second kappa shape index (κ2) is 6.12. The number of phenols is 1. The first kappa shape index (κ1) is 13.3. The summed E-state index contributed by atoms with van der Waals surface area (Å²) in [5.41, 5.74) is 0.887. The molecule has 0 saturated carbocycles. The Morgan fingerprint density at radius 3 is 2.75 bits per heavy atom. The molecule has 0 heterocycles. The first-order valence-electron chi connectivity index (χ1n) is 5.68. The van der Waals surface area contributed by atoms with E-state index in [1.807, 2.05) is 6.07 Å². The standard InChI is InChI=1S/C13H20ClNO/c1-4-10(2)8-15(3)9-11-7-12(14)5-6-13(11)16/h5-7,10,16H,4,8-9H2,1-3H3. The molecule has 0 spiro atoms. The van der Waals surface area contributed by atoms with E-state index in [1.165, 1.54) is 6.42 Å². The first-order chi connectivity index (χ1) is 7.52. The average Bonchev–Trinajstić information content (AvgIpc) is 2.23. The third-order valence-corrected chi connectivity index (χ3v) is 3.04. The fraction of sp³-hybridized carbons (Fsp3) is 0.538. The van der Waals surface area contributed by atoms with E-state index in [1.54, 1.807) is 12.1 Å². The highest BCUT2D eigenvalue weighted by molar-refractivity contribution is 6.30. The van der Waals surface area contributed by atoms with Gasteiger partial charge < -0.3 is 10.0 Å². The molecule has 0 aliphatic rings. The van der Waals surface area contributed by atoms with Crippen LogP contribution < -0.4 is 0 Å². The largest absolute Gasteiger partial charge is 0.508 e. The zero-order valence-electron chi connectivity index (χ0n) is 10.2. The van der Waals surface area contributed by atoms with Crippen LogP contribution in [0.1, 0.15) is 25.8 Å². The Kier molecular flexibility index (Phi) is 5.10. The second-order valence-electron chi connectivity index (χ2n) is 4.48. The van der Waals surface area contributed by atoms with Crippen molar-refractivity contribution in [1.29, 1.82) is 0 Å². The highest BCUT2D eigenvalue weighted by Crippen LogP contribution is 2.22. The summed E-state index contributed by atoms with van der Waals surface area (Å²) in [4.78, 5) is 2.21. The molecule has 1 rings (SSSR count). The van der Waals surface area contributed by atoms with Gasteiger partial charge in [0.15, 0.2) is 0 Å². The van der Waals surface area contributed by atoms with E-state index >= 15 is 0 Å². The van der Waals surface area contributed by atoms with Crippen LogP contribution in [0.5, 0.6) is 5.75 Å². The van der Waals surface area contributed by atoms with E-state index in [-0.39, 0.29) is 0 Å². The zero-order chi connectivity index (χ0) is 12.1. The summed E-state index contributed by atoms with van der Waals surface area (Å²) in [5, 5.41) is 10.4. The summed E-state index contributed by atoms with van der Waals surface area (Å²) >= 11 is 5.90. The molecular formula is C13H20ClNO.